The summed E-state index contributed by atoms with van der Waals surface area (Å²) in [6.07, 6.45) is 0.392. The summed E-state index contributed by atoms with van der Waals surface area (Å²) in [4.78, 5) is 62.8. The Hall–Kier alpha value is -12.8. The first kappa shape index (κ1) is 67.8. The number of amides is 3. The van der Waals surface area contributed by atoms with Crippen LogP contribution >= 0.6 is 11.6 Å². The maximum Gasteiger partial charge on any atom is 0.416 e. The minimum atomic E-state index is -4.48. The van der Waals surface area contributed by atoms with Crippen LogP contribution in [0.15, 0.2) is 211 Å². The van der Waals surface area contributed by atoms with Crippen molar-refractivity contribution in [2.24, 2.45) is 32.2 Å². The molecule has 0 bridgehead atoms. The van der Waals surface area contributed by atoms with E-state index < -0.39 is 47.6 Å². The Morgan fingerprint density at radius 1 is 0.402 bits per heavy atom. The molecule has 0 radical (unpaired) electrons. The Labute approximate surface area is 584 Å². The molecule has 6 aromatic carbocycles. The first-order chi connectivity index (χ1) is 48.9. The average Bonchev–Trinajstić information content (AvgIpc) is 1.60. The molecule has 3 atom stereocenters. The molecular formula is C76H60ClF4N15O6. The van der Waals surface area contributed by atoms with Gasteiger partial charge >= 0.3 is 6.18 Å². The number of rotatable bonds is 12. The van der Waals surface area contributed by atoms with Gasteiger partial charge in [0.2, 0.25) is 17.7 Å². The zero-order chi connectivity index (χ0) is 71.8. The predicted molar refractivity (Wildman–Crippen MR) is 379 cm³/mol. The fourth-order valence-electron chi connectivity index (χ4n) is 12.5. The monoisotopic (exact) mass is 1390 g/mol. The topological polar surface area (TPSA) is 361 Å². The number of nitrogen functional groups attached to an aromatic ring is 3. The number of primary amides is 3. The molecule has 0 saturated heterocycles. The highest BCUT2D eigenvalue weighted by atomic mass is 35.5. The number of hydrogen-bond donors (Lipinski definition) is 6. The van der Waals surface area contributed by atoms with Crippen LogP contribution in [0.1, 0.15) is 111 Å². The lowest BCUT2D eigenvalue weighted by Gasteiger charge is -2.14. The van der Waals surface area contributed by atoms with Gasteiger partial charge in [0, 0.05) is 73.7 Å². The van der Waals surface area contributed by atoms with Crippen molar-refractivity contribution in [2.45, 2.75) is 64.3 Å². The lowest BCUT2D eigenvalue weighted by molar-refractivity contribution is -0.137. The van der Waals surface area contributed by atoms with E-state index in [1.54, 1.807) is 55.8 Å². The molecule has 26 heteroatoms. The van der Waals surface area contributed by atoms with Gasteiger partial charge in [-0.2, -0.15) is 13.2 Å². The number of hydrogen-bond acceptors (Lipinski definition) is 18. The summed E-state index contributed by atoms with van der Waals surface area (Å²) in [5.41, 5.74) is 51.1. The van der Waals surface area contributed by atoms with Crippen molar-refractivity contribution < 1.29 is 45.5 Å². The smallest absolute Gasteiger partial charge is 0.384 e. The van der Waals surface area contributed by atoms with E-state index in [1.165, 1.54) is 24.3 Å². The van der Waals surface area contributed by atoms with Crippen LogP contribution in [-0.4, -0.2) is 65.3 Å². The number of carbonyl (C=O) groups excluding carboxylic acids is 3. The SMILES string of the molecule is Cc1noc2c1-c1ccc(-c3ccc(N)nc3)cc1C(c1ccc(C(F)(F)F)cc1)=NC2CC(N)=O.Cc1noc2c1-c1ccc(-c3ccc(N)nc3)cc1C(c1ccc(Cl)cc1)=NC2CC(N)=O.Cc1noc2c1-c1ccc(-c3ccc(N)nc3)cc1C(c1ccc(F)cc1)=NC2CC(N)=O. The number of fused-ring (bicyclic) bond motifs is 9. The highest BCUT2D eigenvalue weighted by molar-refractivity contribution is 6.31. The van der Waals surface area contributed by atoms with E-state index in [-0.39, 0.29) is 25.1 Å². The molecule has 3 aliphatic rings. The van der Waals surface area contributed by atoms with Crippen LogP contribution in [0.5, 0.6) is 0 Å². The fourth-order valence-corrected chi connectivity index (χ4v) is 12.7. The Bertz CT molecular complexity index is 5110. The highest BCUT2D eigenvalue weighted by Gasteiger charge is 2.36. The minimum Gasteiger partial charge on any atom is -0.384 e. The third-order valence-electron chi connectivity index (χ3n) is 17.3. The molecule has 0 spiro atoms. The number of benzene rings is 6. The van der Waals surface area contributed by atoms with Gasteiger partial charge in [0.1, 0.15) is 41.4 Å². The van der Waals surface area contributed by atoms with Gasteiger partial charge in [0.15, 0.2) is 17.3 Å². The maximum atomic E-state index is 13.7. The molecule has 3 amide bonds. The van der Waals surface area contributed by atoms with Crippen LogP contribution in [-0.2, 0) is 20.6 Å². The summed E-state index contributed by atoms with van der Waals surface area (Å²) >= 11 is 6.13. The molecule has 0 saturated carbocycles. The second kappa shape index (κ2) is 27.9. The molecule has 3 unspecified atom stereocenters. The van der Waals surface area contributed by atoms with Crippen molar-refractivity contribution in [1.29, 1.82) is 0 Å². The molecule has 510 valence electrons. The molecule has 12 aromatic rings. The van der Waals surface area contributed by atoms with Gasteiger partial charge in [-0.25, -0.2) is 19.3 Å². The normalized spacial score (nSPS) is 14.8. The summed E-state index contributed by atoms with van der Waals surface area (Å²) in [7, 11) is 0. The number of alkyl halides is 3. The quantitative estimate of drug-likeness (QED) is 0.0619. The maximum absolute atomic E-state index is 13.7. The third-order valence-corrected chi connectivity index (χ3v) is 17.6. The number of nitrogens with two attached hydrogens (primary N) is 6. The number of nitrogens with zero attached hydrogens (tertiary/aromatic N) is 9. The van der Waals surface area contributed by atoms with Gasteiger partial charge in [-0.1, -0.05) is 87.7 Å². The number of anilines is 3. The van der Waals surface area contributed by atoms with Gasteiger partial charge in [0.25, 0.3) is 0 Å². The summed E-state index contributed by atoms with van der Waals surface area (Å²) in [6.45, 7) is 5.49. The number of aromatic nitrogens is 6. The minimum absolute atomic E-state index is 0.00144. The molecule has 21 nitrogen and oxygen atoms in total. The number of pyridine rings is 3. The van der Waals surface area contributed by atoms with Crippen molar-refractivity contribution in [3.8, 4) is 66.8 Å². The van der Waals surface area contributed by atoms with Gasteiger partial charge in [-0.05, 0) is 157 Å². The van der Waals surface area contributed by atoms with Crippen LogP contribution in [0.25, 0.3) is 66.8 Å². The molecule has 9 heterocycles. The van der Waals surface area contributed by atoms with Gasteiger partial charge < -0.3 is 48.0 Å². The van der Waals surface area contributed by atoms with Crippen LogP contribution in [0, 0.1) is 26.6 Å². The lowest BCUT2D eigenvalue weighted by atomic mass is 9.90. The van der Waals surface area contributed by atoms with E-state index in [0.29, 0.717) is 90.5 Å². The van der Waals surface area contributed by atoms with E-state index in [9.17, 15) is 31.9 Å². The zero-order valence-electron chi connectivity index (χ0n) is 54.5. The van der Waals surface area contributed by atoms with Crippen molar-refractivity contribution in [3.63, 3.8) is 0 Å². The van der Waals surface area contributed by atoms with Crippen molar-refractivity contribution in [3.05, 3.63) is 267 Å². The van der Waals surface area contributed by atoms with Crippen LogP contribution < -0.4 is 34.4 Å². The Morgan fingerprint density at radius 3 is 0.971 bits per heavy atom. The first-order valence-corrected chi connectivity index (χ1v) is 32.1. The summed E-state index contributed by atoms with van der Waals surface area (Å²) in [6, 6.07) is 44.7. The van der Waals surface area contributed by atoms with E-state index in [0.717, 1.165) is 95.7 Å². The van der Waals surface area contributed by atoms with Gasteiger partial charge in [-0.15, -0.1) is 0 Å². The van der Waals surface area contributed by atoms with E-state index >= 15 is 0 Å². The lowest BCUT2D eigenvalue weighted by Crippen LogP contribution is -2.15. The third kappa shape index (κ3) is 14.0. The fraction of sp³-hybridized carbons (Fsp3) is 0.132. The van der Waals surface area contributed by atoms with E-state index in [4.69, 9.17) is 74.5 Å². The Morgan fingerprint density at radius 2 is 0.686 bits per heavy atom. The van der Waals surface area contributed by atoms with E-state index in [2.05, 4.69) is 36.5 Å². The summed E-state index contributed by atoms with van der Waals surface area (Å²) in [5, 5.41) is 13.0. The predicted octanol–water partition coefficient (Wildman–Crippen LogP) is 14.0. The number of carbonyl (C=O) groups is 3. The summed E-state index contributed by atoms with van der Waals surface area (Å²) < 4.78 is 70.1. The second-order valence-corrected chi connectivity index (χ2v) is 24.7. The van der Waals surface area contributed by atoms with Crippen molar-refractivity contribution in [1.82, 2.24) is 30.4 Å². The number of aryl methyl sites for hydroxylation is 3. The molecule has 6 aromatic heterocycles. The molecule has 102 heavy (non-hydrogen) atoms. The van der Waals surface area contributed by atoms with Gasteiger partial charge in [-0.3, -0.25) is 29.4 Å². The molecule has 0 aliphatic carbocycles. The average molecular weight is 1390 g/mol. The standard InChI is InChI=1S/C26H20F3N5O2.C25H20ClN5O2.C25H20FN5O2/c1-13-23-18-8-4-15(16-5-9-21(30)32-12-16)10-19(18)24(14-2-6-17(7-3-14)26(27,28)29)33-20(11-22(31)35)25(23)36-34-13;2*1-13-23-18-8-4-15(16-5-9-21(27)29-12-16)10-19(18)24(14-2-6-17(26)7-3-14)30-20(11-22(28)32)25(23)33-31-13/h2-10,12,20H,11H2,1H3,(H2,30,32)(H2,31,35);2*2-10,12,20H,11H2,1H3,(H2,27,29)(H2,28,32). The number of aliphatic imine (C=N–C) groups is 3. The Kier molecular flexibility index (Phi) is 18.5. The van der Waals surface area contributed by atoms with E-state index in [1.807, 2.05) is 105 Å². The molecule has 3 aliphatic heterocycles. The Balaban J connectivity index is 0.000000137. The molecular weight excluding hydrogens is 1330 g/mol. The zero-order valence-corrected chi connectivity index (χ0v) is 55.3. The van der Waals surface area contributed by atoms with Crippen LogP contribution in [0.3, 0.4) is 0 Å². The molecule has 0 fully saturated rings. The van der Waals surface area contributed by atoms with Crippen molar-refractivity contribution >= 4 is 63.9 Å². The van der Waals surface area contributed by atoms with Gasteiger partial charge in [0.05, 0.1) is 75.7 Å². The van der Waals surface area contributed by atoms with Crippen LogP contribution in [0.4, 0.5) is 35.0 Å². The highest BCUT2D eigenvalue weighted by Crippen LogP contribution is 2.46. The van der Waals surface area contributed by atoms with Crippen molar-refractivity contribution in [2.75, 3.05) is 17.2 Å². The van der Waals surface area contributed by atoms with Crippen LogP contribution in [0.2, 0.25) is 5.02 Å². The first-order valence-electron chi connectivity index (χ1n) is 31.7. The number of halogens is 5. The molecule has 12 N–H and O–H groups in total. The second-order valence-electron chi connectivity index (χ2n) is 24.3. The molecule has 15 rings (SSSR count). The summed E-state index contributed by atoms with van der Waals surface area (Å²) in [5.74, 6) is 0.698. The largest absolute Gasteiger partial charge is 0.416 e.